The lowest BCUT2D eigenvalue weighted by atomic mass is 9.83. The van der Waals surface area contributed by atoms with Gasteiger partial charge in [-0.1, -0.05) is 45.9 Å². The van der Waals surface area contributed by atoms with Crippen LogP contribution < -0.4 is 5.32 Å². The zero-order chi connectivity index (χ0) is 14.7. The molecule has 1 N–H and O–H groups in total. The van der Waals surface area contributed by atoms with Crippen molar-refractivity contribution in [2.45, 2.75) is 45.1 Å². The molecule has 0 aliphatic rings. The van der Waals surface area contributed by atoms with E-state index in [1.165, 1.54) is 0 Å². The van der Waals surface area contributed by atoms with E-state index in [4.69, 9.17) is 0 Å². The predicted molar refractivity (Wildman–Crippen MR) is 80.2 cm³/mol. The van der Waals surface area contributed by atoms with Crippen molar-refractivity contribution in [3.63, 3.8) is 0 Å². The molecule has 0 spiro atoms. The minimum atomic E-state index is -3.16. The summed E-state index contributed by atoms with van der Waals surface area (Å²) in [7, 11) is -1.23. The highest BCUT2D eigenvalue weighted by molar-refractivity contribution is 7.91. The molecule has 0 aliphatic heterocycles. The van der Waals surface area contributed by atoms with Gasteiger partial charge >= 0.3 is 0 Å². The van der Waals surface area contributed by atoms with Gasteiger partial charge in [0.15, 0.2) is 9.84 Å². The van der Waals surface area contributed by atoms with E-state index in [0.29, 0.717) is 4.90 Å². The van der Waals surface area contributed by atoms with E-state index in [1.807, 2.05) is 19.2 Å². The van der Waals surface area contributed by atoms with Crippen molar-refractivity contribution in [2.24, 2.45) is 5.41 Å². The molecule has 19 heavy (non-hydrogen) atoms. The zero-order valence-electron chi connectivity index (χ0n) is 12.5. The number of likely N-dealkylation sites (N-methyl/N-ethyl adjacent to an activating group) is 1. The average molecular weight is 283 g/mol. The Balaban J connectivity index is 3.16. The third-order valence-corrected chi connectivity index (χ3v) is 5.33. The number of hydrogen-bond donors (Lipinski definition) is 1. The van der Waals surface area contributed by atoms with Gasteiger partial charge in [0.1, 0.15) is 0 Å². The standard InChI is InChI=1S/C15H25NO2S/c1-6-19(17,18)13-10-8-7-9-12(13)11-14(16-5)15(2,3)4/h7-10,14,16H,6,11H2,1-5H3. The minimum Gasteiger partial charge on any atom is -0.316 e. The van der Waals surface area contributed by atoms with E-state index < -0.39 is 9.84 Å². The molecule has 1 rings (SSSR count). The summed E-state index contributed by atoms with van der Waals surface area (Å²) in [4.78, 5) is 0.474. The monoisotopic (exact) mass is 283 g/mol. The van der Waals surface area contributed by atoms with Crippen molar-refractivity contribution in [1.82, 2.24) is 5.32 Å². The third-order valence-electron chi connectivity index (χ3n) is 3.51. The van der Waals surface area contributed by atoms with Gasteiger partial charge in [0, 0.05) is 6.04 Å². The van der Waals surface area contributed by atoms with E-state index >= 15 is 0 Å². The van der Waals surface area contributed by atoms with E-state index in [2.05, 4.69) is 26.1 Å². The SMILES string of the molecule is CCS(=O)(=O)c1ccccc1CC(NC)C(C)(C)C. The second kappa shape index (κ2) is 6.06. The number of sulfone groups is 1. The van der Waals surface area contributed by atoms with Crippen molar-refractivity contribution in [1.29, 1.82) is 0 Å². The highest BCUT2D eigenvalue weighted by Crippen LogP contribution is 2.25. The van der Waals surface area contributed by atoms with Crippen LogP contribution in [0.5, 0.6) is 0 Å². The van der Waals surface area contributed by atoms with Crippen LogP contribution in [0, 0.1) is 5.41 Å². The molecule has 1 aromatic carbocycles. The van der Waals surface area contributed by atoms with Gasteiger partial charge in [0.25, 0.3) is 0 Å². The van der Waals surface area contributed by atoms with Crippen molar-refractivity contribution in [2.75, 3.05) is 12.8 Å². The molecular weight excluding hydrogens is 258 g/mol. The number of nitrogens with one attached hydrogen (secondary N) is 1. The molecule has 0 aliphatic carbocycles. The van der Waals surface area contributed by atoms with Gasteiger partial charge in [0.2, 0.25) is 0 Å². The van der Waals surface area contributed by atoms with Crippen LogP contribution in [0.1, 0.15) is 33.3 Å². The largest absolute Gasteiger partial charge is 0.316 e. The highest BCUT2D eigenvalue weighted by Gasteiger charge is 2.25. The zero-order valence-corrected chi connectivity index (χ0v) is 13.3. The second-order valence-electron chi connectivity index (χ2n) is 5.92. The van der Waals surface area contributed by atoms with Gasteiger partial charge in [-0.25, -0.2) is 8.42 Å². The Morgan fingerprint density at radius 1 is 1.21 bits per heavy atom. The Morgan fingerprint density at radius 3 is 2.26 bits per heavy atom. The molecule has 1 aromatic rings. The first kappa shape index (κ1) is 16.2. The molecule has 0 radical (unpaired) electrons. The van der Waals surface area contributed by atoms with Gasteiger partial charge in [-0.05, 0) is 30.5 Å². The second-order valence-corrected chi connectivity index (χ2v) is 8.17. The molecule has 1 atom stereocenters. The van der Waals surface area contributed by atoms with E-state index in [9.17, 15) is 8.42 Å². The van der Waals surface area contributed by atoms with Crippen molar-refractivity contribution >= 4 is 9.84 Å². The molecule has 0 fully saturated rings. The fourth-order valence-corrected chi connectivity index (χ4v) is 3.34. The molecule has 0 aromatic heterocycles. The number of rotatable bonds is 5. The van der Waals surface area contributed by atoms with Gasteiger partial charge in [-0.3, -0.25) is 0 Å². The summed E-state index contributed by atoms with van der Waals surface area (Å²) in [5.41, 5.74) is 0.983. The van der Waals surface area contributed by atoms with Crippen LogP contribution in [0.2, 0.25) is 0 Å². The van der Waals surface area contributed by atoms with Crippen LogP contribution >= 0.6 is 0 Å². The summed E-state index contributed by atoms with van der Waals surface area (Å²) in [6.07, 6.45) is 0.718. The molecule has 0 saturated heterocycles. The van der Waals surface area contributed by atoms with Gasteiger partial charge in [-0.15, -0.1) is 0 Å². The first-order valence-corrected chi connectivity index (χ1v) is 8.35. The smallest absolute Gasteiger partial charge is 0.178 e. The summed E-state index contributed by atoms with van der Waals surface area (Å²) in [6, 6.07) is 7.56. The van der Waals surface area contributed by atoms with E-state index in [-0.39, 0.29) is 17.2 Å². The summed E-state index contributed by atoms with van der Waals surface area (Å²) < 4.78 is 24.2. The number of hydrogen-bond acceptors (Lipinski definition) is 3. The van der Waals surface area contributed by atoms with Crippen molar-refractivity contribution < 1.29 is 8.42 Å². The predicted octanol–water partition coefficient (Wildman–Crippen LogP) is 2.66. The maximum atomic E-state index is 12.1. The first-order chi connectivity index (χ1) is 8.72. The van der Waals surface area contributed by atoms with Crippen LogP contribution in [0.15, 0.2) is 29.2 Å². The molecule has 0 amide bonds. The molecule has 108 valence electrons. The normalized spacial score (nSPS) is 14.4. The average Bonchev–Trinajstić information content (AvgIpc) is 2.34. The Bertz CT molecular complexity index is 515. The quantitative estimate of drug-likeness (QED) is 0.903. The highest BCUT2D eigenvalue weighted by atomic mass is 32.2. The molecule has 0 bridgehead atoms. The molecule has 4 heteroatoms. The number of benzene rings is 1. The molecule has 0 saturated carbocycles. The lowest BCUT2D eigenvalue weighted by Crippen LogP contribution is -2.40. The van der Waals surface area contributed by atoms with Gasteiger partial charge < -0.3 is 5.32 Å². The molecule has 0 heterocycles. The summed E-state index contributed by atoms with van der Waals surface area (Å²) in [5, 5.41) is 3.29. The van der Waals surface area contributed by atoms with Crippen LogP contribution in [0.4, 0.5) is 0 Å². The molecule has 1 unspecified atom stereocenters. The van der Waals surface area contributed by atoms with Crippen molar-refractivity contribution in [3.05, 3.63) is 29.8 Å². The summed E-state index contributed by atoms with van der Waals surface area (Å²) in [6.45, 7) is 8.16. The van der Waals surface area contributed by atoms with Gasteiger partial charge in [0.05, 0.1) is 10.6 Å². The Labute approximate surface area is 117 Å². The maximum absolute atomic E-state index is 12.1. The first-order valence-electron chi connectivity index (χ1n) is 6.70. The molecular formula is C15H25NO2S. The minimum absolute atomic E-state index is 0.0812. The summed E-state index contributed by atoms with van der Waals surface area (Å²) in [5.74, 6) is 0.143. The van der Waals surface area contributed by atoms with E-state index in [0.717, 1.165) is 12.0 Å². The van der Waals surface area contributed by atoms with Crippen LogP contribution in [-0.4, -0.2) is 27.3 Å². The van der Waals surface area contributed by atoms with Crippen LogP contribution in [0.3, 0.4) is 0 Å². The molecule has 3 nitrogen and oxygen atoms in total. The fourth-order valence-electron chi connectivity index (χ4n) is 2.19. The van der Waals surface area contributed by atoms with Crippen LogP contribution in [0.25, 0.3) is 0 Å². The van der Waals surface area contributed by atoms with Crippen molar-refractivity contribution in [3.8, 4) is 0 Å². The summed E-state index contributed by atoms with van der Waals surface area (Å²) >= 11 is 0. The third kappa shape index (κ3) is 4.05. The fraction of sp³-hybridized carbons (Fsp3) is 0.600. The Morgan fingerprint density at radius 2 is 1.79 bits per heavy atom. The van der Waals surface area contributed by atoms with Crippen LogP contribution in [-0.2, 0) is 16.3 Å². The Hall–Kier alpha value is -0.870. The van der Waals surface area contributed by atoms with Gasteiger partial charge in [-0.2, -0.15) is 0 Å². The topological polar surface area (TPSA) is 46.2 Å². The maximum Gasteiger partial charge on any atom is 0.178 e. The lowest BCUT2D eigenvalue weighted by molar-refractivity contribution is 0.279. The van der Waals surface area contributed by atoms with E-state index in [1.54, 1.807) is 19.1 Å². The lowest BCUT2D eigenvalue weighted by Gasteiger charge is -2.31. The Kier molecular flexibility index (Phi) is 5.16.